The van der Waals surface area contributed by atoms with Gasteiger partial charge in [0.15, 0.2) is 0 Å². The van der Waals surface area contributed by atoms with Crippen LogP contribution in [0, 0.1) is 11.6 Å². The number of rotatable bonds is 7. The number of para-hydroxylation sites is 1. The van der Waals surface area contributed by atoms with E-state index >= 15 is 0 Å². The van der Waals surface area contributed by atoms with Gasteiger partial charge in [-0.25, -0.2) is 13.6 Å². The molecule has 0 aromatic heterocycles. The van der Waals surface area contributed by atoms with Gasteiger partial charge < -0.3 is 14.4 Å². The number of benzene rings is 3. The summed E-state index contributed by atoms with van der Waals surface area (Å²) in [6, 6.07) is 18.5. The van der Waals surface area contributed by atoms with Gasteiger partial charge in [0.2, 0.25) is 0 Å². The summed E-state index contributed by atoms with van der Waals surface area (Å²) in [5.74, 6) is -1.03. The molecule has 0 saturated carbocycles. The Morgan fingerprint density at radius 1 is 1.06 bits per heavy atom. The van der Waals surface area contributed by atoms with E-state index in [-0.39, 0.29) is 24.2 Å². The van der Waals surface area contributed by atoms with Crippen molar-refractivity contribution < 1.29 is 23.0 Å². The van der Waals surface area contributed by atoms with Crippen LogP contribution in [0.15, 0.2) is 72.8 Å². The van der Waals surface area contributed by atoms with Gasteiger partial charge >= 0.3 is 5.97 Å². The molecule has 0 fully saturated rings. The molecule has 170 valence electrons. The maximum absolute atomic E-state index is 14.1. The Hall–Kier alpha value is -3.67. The number of halogens is 2. The molecule has 0 N–H and O–H groups in total. The first-order valence-corrected chi connectivity index (χ1v) is 10.9. The maximum Gasteiger partial charge on any atom is 0.338 e. The third kappa shape index (κ3) is 4.90. The summed E-state index contributed by atoms with van der Waals surface area (Å²) in [7, 11) is 0. The zero-order chi connectivity index (χ0) is 23.4. The van der Waals surface area contributed by atoms with Crippen molar-refractivity contribution in [2.75, 3.05) is 11.5 Å². The number of anilines is 1. The highest BCUT2D eigenvalue weighted by Gasteiger charge is 2.27. The molecule has 0 saturated heterocycles. The van der Waals surface area contributed by atoms with Gasteiger partial charge in [-0.05, 0) is 62.7 Å². The van der Waals surface area contributed by atoms with Crippen molar-refractivity contribution in [3.63, 3.8) is 0 Å². The molecule has 0 amide bonds. The fourth-order valence-electron chi connectivity index (χ4n) is 3.95. The van der Waals surface area contributed by atoms with Crippen LogP contribution in [0.4, 0.5) is 14.5 Å². The first-order valence-electron chi connectivity index (χ1n) is 10.9. The molecule has 1 aliphatic rings. The average Bonchev–Trinajstić information content (AvgIpc) is 3.20. The molecule has 3 aromatic carbocycles. The van der Waals surface area contributed by atoms with Crippen molar-refractivity contribution in [2.45, 2.75) is 32.9 Å². The Labute approximate surface area is 192 Å². The van der Waals surface area contributed by atoms with Crippen LogP contribution in [0.1, 0.15) is 41.8 Å². The van der Waals surface area contributed by atoms with Crippen LogP contribution in [0.3, 0.4) is 0 Å². The highest BCUT2D eigenvalue weighted by molar-refractivity contribution is 5.92. The van der Waals surface area contributed by atoms with E-state index in [4.69, 9.17) is 9.47 Å². The highest BCUT2D eigenvalue weighted by Crippen LogP contribution is 2.39. The van der Waals surface area contributed by atoms with E-state index in [0.29, 0.717) is 17.9 Å². The largest absolute Gasteiger partial charge is 0.488 e. The molecule has 33 heavy (non-hydrogen) atoms. The summed E-state index contributed by atoms with van der Waals surface area (Å²) in [6.07, 6.45) is 2.95. The van der Waals surface area contributed by atoms with E-state index in [1.807, 2.05) is 42.5 Å². The van der Waals surface area contributed by atoms with Crippen molar-refractivity contribution in [1.29, 1.82) is 0 Å². The number of hydrogen-bond acceptors (Lipinski definition) is 4. The van der Waals surface area contributed by atoms with Crippen molar-refractivity contribution in [1.82, 2.24) is 0 Å². The molecule has 1 heterocycles. The lowest BCUT2D eigenvalue weighted by Crippen LogP contribution is -2.27. The summed E-state index contributed by atoms with van der Waals surface area (Å²) >= 11 is 0. The molecule has 0 spiro atoms. The quantitative estimate of drug-likeness (QED) is 0.394. The van der Waals surface area contributed by atoms with Crippen LogP contribution in [0.2, 0.25) is 0 Å². The van der Waals surface area contributed by atoms with E-state index in [0.717, 1.165) is 29.4 Å². The van der Waals surface area contributed by atoms with Gasteiger partial charge in [-0.15, -0.1) is 0 Å². The summed E-state index contributed by atoms with van der Waals surface area (Å²) in [5, 5.41) is 0. The third-order valence-electron chi connectivity index (χ3n) is 5.55. The highest BCUT2D eigenvalue weighted by atomic mass is 19.1. The Bertz CT molecular complexity index is 1190. The molecule has 0 radical (unpaired) electrons. The zero-order valence-electron chi connectivity index (χ0n) is 18.6. The summed E-state index contributed by atoms with van der Waals surface area (Å²) in [4.78, 5) is 14.4. The molecule has 6 heteroatoms. The van der Waals surface area contributed by atoms with Crippen molar-refractivity contribution in [3.05, 3.63) is 101 Å². The first-order chi connectivity index (χ1) is 16.0. The Kier molecular flexibility index (Phi) is 6.73. The van der Waals surface area contributed by atoms with Crippen molar-refractivity contribution >= 4 is 17.4 Å². The second-order valence-electron chi connectivity index (χ2n) is 7.84. The van der Waals surface area contributed by atoms with Gasteiger partial charge in [-0.1, -0.05) is 24.3 Å². The molecule has 4 rings (SSSR count). The summed E-state index contributed by atoms with van der Waals surface area (Å²) < 4.78 is 38.4. The maximum atomic E-state index is 14.1. The average molecular weight is 449 g/mol. The van der Waals surface area contributed by atoms with E-state index in [1.54, 1.807) is 13.0 Å². The Morgan fingerprint density at radius 2 is 1.88 bits per heavy atom. The smallest absolute Gasteiger partial charge is 0.338 e. The minimum absolute atomic E-state index is 0.0235. The summed E-state index contributed by atoms with van der Waals surface area (Å²) in [5.41, 5.74) is 3.43. The second kappa shape index (κ2) is 9.86. The molecular formula is C27H25F2NO3. The van der Waals surface area contributed by atoms with Crippen LogP contribution >= 0.6 is 0 Å². The standard InChI is InChI=1S/C27H25F2NO3/c1-3-32-27(31)19-7-6-8-22(15-19)30-18(2)11-14-25(30)23-9-4-5-10-26(23)33-17-20-12-13-21(28)16-24(20)29/h4-10,12-16,18H,3,11,17H2,1-2H3. The topological polar surface area (TPSA) is 38.8 Å². The van der Waals surface area contributed by atoms with E-state index in [9.17, 15) is 13.6 Å². The van der Waals surface area contributed by atoms with Gasteiger partial charge in [0.25, 0.3) is 0 Å². The Morgan fingerprint density at radius 3 is 2.67 bits per heavy atom. The molecule has 3 aromatic rings. The van der Waals surface area contributed by atoms with Gasteiger partial charge in [0.1, 0.15) is 24.0 Å². The molecular weight excluding hydrogens is 424 g/mol. The van der Waals surface area contributed by atoms with Crippen LogP contribution in [-0.2, 0) is 11.3 Å². The van der Waals surface area contributed by atoms with Gasteiger partial charge in [0, 0.05) is 34.6 Å². The number of nitrogens with zero attached hydrogens (tertiary/aromatic N) is 1. The molecule has 0 aliphatic carbocycles. The summed E-state index contributed by atoms with van der Waals surface area (Å²) in [6.45, 7) is 4.18. The number of hydrogen-bond donors (Lipinski definition) is 0. The van der Waals surface area contributed by atoms with Gasteiger partial charge in [-0.3, -0.25) is 0 Å². The van der Waals surface area contributed by atoms with E-state index < -0.39 is 11.6 Å². The van der Waals surface area contributed by atoms with Crippen LogP contribution in [-0.4, -0.2) is 18.6 Å². The van der Waals surface area contributed by atoms with Crippen LogP contribution in [0.5, 0.6) is 5.75 Å². The minimum atomic E-state index is -0.640. The first kappa shape index (κ1) is 22.5. The predicted molar refractivity (Wildman–Crippen MR) is 124 cm³/mol. The Balaban J connectivity index is 1.62. The lowest BCUT2D eigenvalue weighted by atomic mass is 10.1. The zero-order valence-corrected chi connectivity index (χ0v) is 18.6. The number of ether oxygens (including phenoxy) is 2. The lowest BCUT2D eigenvalue weighted by Gasteiger charge is -2.29. The van der Waals surface area contributed by atoms with Crippen LogP contribution in [0.25, 0.3) is 5.70 Å². The monoisotopic (exact) mass is 449 g/mol. The number of carbonyl (C=O) groups excluding carboxylic acids is 1. The second-order valence-corrected chi connectivity index (χ2v) is 7.84. The van der Waals surface area contributed by atoms with Crippen LogP contribution < -0.4 is 9.64 Å². The SMILES string of the molecule is CCOC(=O)c1cccc(N2C(c3ccccc3OCc3ccc(F)cc3F)=CCC2C)c1. The molecule has 1 aliphatic heterocycles. The fourth-order valence-corrected chi connectivity index (χ4v) is 3.95. The molecule has 4 nitrogen and oxygen atoms in total. The van der Waals surface area contributed by atoms with Crippen molar-refractivity contribution in [3.8, 4) is 5.75 Å². The fraction of sp³-hybridized carbons (Fsp3) is 0.222. The normalized spacial score (nSPS) is 15.3. The van der Waals surface area contributed by atoms with Gasteiger partial charge in [0.05, 0.1) is 12.2 Å². The van der Waals surface area contributed by atoms with Gasteiger partial charge in [-0.2, -0.15) is 0 Å². The number of esters is 1. The lowest BCUT2D eigenvalue weighted by molar-refractivity contribution is 0.0526. The third-order valence-corrected chi connectivity index (χ3v) is 5.55. The number of carbonyl (C=O) groups is 1. The van der Waals surface area contributed by atoms with Crippen molar-refractivity contribution in [2.24, 2.45) is 0 Å². The minimum Gasteiger partial charge on any atom is -0.488 e. The molecule has 0 bridgehead atoms. The molecule has 1 unspecified atom stereocenters. The molecule has 1 atom stereocenters. The van der Waals surface area contributed by atoms with E-state index in [2.05, 4.69) is 17.9 Å². The predicted octanol–water partition coefficient (Wildman–Crippen LogP) is 6.36. The van der Waals surface area contributed by atoms with E-state index in [1.165, 1.54) is 12.1 Å².